The van der Waals surface area contributed by atoms with Gasteiger partial charge in [-0.05, 0) is 43.7 Å². The molecular weight excluding hydrogens is 274 g/mol. The number of piperidine rings is 1. The standard InChI is InChI=1S/C19H25NO2/c1-2-22-19(21)17-10-6-9-16-11-12-20(14-18(16)17)13-15-7-4-3-5-8-15/h3-9,16-18H,2,10-14H2,1H3. The maximum Gasteiger partial charge on any atom is 0.309 e. The first-order chi connectivity index (χ1) is 10.8. The predicted octanol–water partition coefficient (Wildman–Crippen LogP) is 3.26. The first kappa shape index (κ1) is 15.3. The van der Waals surface area contributed by atoms with Crippen molar-refractivity contribution >= 4 is 5.97 Å². The number of benzene rings is 1. The number of carbonyl (C=O) groups is 1. The van der Waals surface area contributed by atoms with Gasteiger partial charge < -0.3 is 4.74 Å². The van der Waals surface area contributed by atoms with Crippen molar-refractivity contribution in [3.05, 3.63) is 48.0 Å². The van der Waals surface area contributed by atoms with Crippen LogP contribution in [0.2, 0.25) is 0 Å². The second-order valence-electron chi connectivity index (χ2n) is 6.36. The number of likely N-dealkylation sites (tertiary alicyclic amines) is 1. The molecule has 0 N–H and O–H groups in total. The molecule has 1 heterocycles. The van der Waals surface area contributed by atoms with Gasteiger partial charge in [0.2, 0.25) is 0 Å². The molecule has 1 aliphatic heterocycles. The number of nitrogens with zero attached hydrogens (tertiary/aromatic N) is 1. The number of fused-ring (bicyclic) bond motifs is 1. The van der Waals surface area contributed by atoms with Crippen LogP contribution in [0.15, 0.2) is 42.5 Å². The van der Waals surface area contributed by atoms with Crippen molar-refractivity contribution in [2.75, 3.05) is 19.7 Å². The number of rotatable bonds is 4. The number of allylic oxidation sites excluding steroid dienone is 2. The van der Waals surface area contributed by atoms with E-state index in [1.807, 2.05) is 6.92 Å². The Morgan fingerprint density at radius 1 is 1.32 bits per heavy atom. The summed E-state index contributed by atoms with van der Waals surface area (Å²) in [6, 6.07) is 10.6. The van der Waals surface area contributed by atoms with Crippen LogP contribution in [-0.2, 0) is 16.1 Å². The van der Waals surface area contributed by atoms with Crippen LogP contribution in [-0.4, -0.2) is 30.6 Å². The minimum absolute atomic E-state index is 0.0107. The van der Waals surface area contributed by atoms with Gasteiger partial charge in [0, 0.05) is 13.1 Å². The zero-order valence-corrected chi connectivity index (χ0v) is 13.3. The van der Waals surface area contributed by atoms with Gasteiger partial charge in [-0.2, -0.15) is 0 Å². The molecular formula is C19H25NO2. The molecule has 3 nitrogen and oxygen atoms in total. The summed E-state index contributed by atoms with van der Waals surface area (Å²) in [6.07, 6.45) is 6.47. The molecule has 3 unspecified atom stereocenters. The van der Waals surface area contributed by atoms with E-state index in [9.17, 15) is 4.79 Å². The Hall–Kier alpha value is -1.61. The summed E-state index contributed by atoms with van der Waals surface area (Å²) in [7, 11) is 0. The third-order valence-corrected chi connectivity index (χ3v) is 4.93. The lowest BCUT2D eigenvalue weighted by Crippen LogP contribution is -2.46. The zero-order valence-electron chi connectivity index (χ0n) is 13.3. The Kier molecular flexibility index (Phi) is 4.94. The normalized spacial score (nSPS) is 28.1. The Balaban J connectivity index is 1.67. The maximum atomic E-state index is 12.2. The minimum atomic E-state index is -0.0107. The lowest BCUT2D eigenvalue weighted by atomic mass is 9.72. The van der Waals surface area contributed by atoms with E-state index < -0.39 is 0 Å². The van der Waals surface area contributed by atoms with Gasteiger partial charge >= 0.3 is 5.97 Å². The zero-order chi connectivity index (χ0) is 15.4. The monoisotopic (exact) mass is 299 g/mol. The van der Waals surface area contributed by atoms with E-state index in [-0.39, 0.29) is 11.9 Å². The van der Waals surface area contributed by atoms with Gasteiger partial charge in [-0.25, -0.2) is 0 Å². The van der Waals surface area contributed by atoms with E-state index in [1.54, 1.807) is 0 Å². The van der Waals surface area contributed by atoms with Gasteiger partial charge in [0.25, 0.3) is 0 Å². The summed E-state index contributed by atoms with van der Waals surface area (Å²) in [4.78, 5) is 14.7. The van der Waals surface area contributed by atoms with Crippen LogP contribution in [0.25, 0.3) is 0 Å². The number of ether oxygens (including phenoxy) is 1. The first-order valence-electron chi connectivity index (χ1n) is 8.37. The summed E-state index contributed by atoms with van der Waals surface area (Å²) in [6.45, 7) is 5.44. The quantitative estimate of drug-likeness (QED) is 0.631. The van der Waals surface area contributed by atoms with Crippen molar-refractivity contribution in [1.29, 1.82) is 0 Å². The van der Waals surface area contributed by atoms with E-state index in [4.69, 9.17) is 4.74 Å². The van der Waals surface area contributed by atoms with E-state index in [0.29, 0.717) is 18.4 Å². The van der Waals surface area contributed by atoms with E-state index >= 15 is 0 Å². The molecule has 1 aliphatic carbocycles. The lowest BCUT2D eigenvalue weighted by Gasteiger charge is -2.42. The topological polar surface area (TPSA) is 29.5 Å². The van der Waals surface area contributed by atoms with Gasteiger partial charge in [0.05, 0.1) is 12.5 Å². The van der Waals surface area contributed by atoms with Crippen molar-refractivity contribution in [2.24, 2.45) is 17.8 Å². The fraction of sp³-hybridized carbons (Fsp3) is 0.526. The van der Waals surface area contributed by atoms with Gasteiger partial charge in [0.15, 0.2) is 0 Å². The highest BCUT2D eigenvalue weighted by Crippen LogP contribution is 2.37. The van der Waals surface area contributed by atoms with E-state index in [1.165, 1.54) is 5.56 Å². The molecule has 3 rings (SSSR count). The van der Waals surface area contributed by atoms with Gasteiger partial charge in [0.1, 0.15) is 0 Å². The Labute approximate surface area is 133 Å². The summed E-state index contributed by atoms with van der Waals surface area (Å²) in [5.74, 6) is 0.966. The molecule has 2 aliphatic rings. The molecule has 3 heteroatoms. The number of esters is 1. The summed E-state index contributed by atoms with van der Waals surface area (Å²) in [5, 5.41) is 0. The molecule has 1 saturated heterocycles. The largest absolute Gasteiger partial charge is 0.466 e. The lowest BCUT2D eigenvalue weighted by molar-refractivity contribution is -0.151. The van der Waals surface area contributed by atoms with Gasteiger partial charge in [-0.3, -0.25) is 9.69 Å². The molecule has 0 radical (unpaired) electrons. The minimum Gasteiger partial charge on any atom is -0.466 e. The Morgan fingerprint density at radius 3 is 2.91 bits per heavy atom. The number of hydrogen-bond acceptors (Lipinski definition) is 3. The van der Waals surface area contributed by atoms with Crippen LogP contribution in [0.3, 0.4) is 0 Å². The second-order valence-corrected chi connectivity index (χ2v) is 6.36. The fourth-order valence-corrected chi connectivity index (χ4v) is 3.82. The van der Waals surface area contributed by atoms with Crippen LogP contribution in [0.1, 0.15) is 25.3 Å². The van der Waals surface area contributed by atoms with E-state index in [2.05, 4.69) is 47.4 Å². The molecule has 1 fully saturated rings. The third kappa shape index (κ3) is 3.41. The molecule has 0 saturated carbocycles. The van der Waals surface area contributed by atoms with Crippen molar-refractivity contribution in [2.45, 2.75) is 26.3 Å². The Morgan fingerprint density at radius 2 is 2.14 bits per heavy atom. The molecule has 3 atom stereocenters. The van der Waals surface area contributed by atoms with Crippen molar-refractivity contribution in [3.63, 3.8) is 0 Å². The van der Waals surface area contributed by atoms with Crippen LogP contribution >= 0.6 is 0 Å². The molecule has 118 valence electrons. The average molecular weight is 299 g/mol. The fourth-order valence-electron chi connectivity index (χ4n) is 3.82. The second kappa shape index (κ2) is 7.10. The maximum absolute atomic E-state index is 12.2. The smallest absolute Gasteiger partial charge is 0.309 e. The molecule has 0 aromatic heterocycles. The van der Waals surface area contributed by atoms with Crippen molar-refractivity contribution < 1.29 is 9.53 Å². The SMILES string of the molecule is CCOC(=O)C1CC=CC2CCN(Cc3ccccc3)CC21. The summed E-state index contributed by atoms with van der Waals surface area (Å²) >= 11 is 0. The van der Waals surface area contributed by atoms with Crippen LogP contribution < -0.4 is 0 Å². The highest BCUT2D eigenvalue weighted by Gasteiger charge is 2.39. The van der Waals surface area contributed by atoms with Crippen LogP contribution in [0, 0.1) is 17.8 Å². The van der Waals surface area contributed by atoms with E-state index in [0.717, 1.165) is 32.5 Å². The average Bonchev–Trinajstić information content (AvgIpc) is 2.55. The molecule has 1 aromatic rings. The van der Waals surface area contributed by atoms with Gasteiger partial charge in [-0.1, -0.05) is 42.5 Å². The number of hydrogen-bond donors (Lipinski definition) is 0. The molecule has 0 amide bonds. The van der Waals surface area contributed by atoms with Crippen LogP contribution in [0.5, 0.6) is 0 Å². The first-order valence-corrected chi connectivity index (χ1v) is 8.37. The van der Waals surface area contributed by atoms with Gasteiger partial charge in [-0.15, -0.1) is 0 Å². The summed E-state index contributed by atoms with van der Waals surface area (Å²) in [5.41, 5.74) is 1.35. The van der Waals surface area contributed by atoms with Crippen molar-refractivity contribution in [1.82, 2.24) is 4.90 Å². The molecule has 0 spiro atoms. The van der Waals surface area contributed by atoms with Crippen LogP contribution in [0.4, 0.5) is 0 Å². The highest BCUT2D eigenvalue weighted by atomic mass is 16.5. The molecule has 0 bridgehead atoms. The predicted molar refractivity (Wildman–Crippen MR) is 87.2 cm³/mol. The number of carbonyl (C=O) groups excluding carboxylic acids is 1. The molecule has 22 heavy (non-hydrogen) atoms. The highest BCUT2D eigenvalue weighted by molar-refractivity contribution is 5.73. The van der Waals surface area contributed by atoms with Crippen molar-refractivity contribution in [3.8, 4) is 0 Å². The molecule has 1 aromatic carbocycles. The Bertz CT molecular complexity index is 525. The third-order valence-electron chi connectivity index (χ3n) is 4.93. The summed E-state index contributed by atoms with van der Waals surface area (Å²) < 4.78 is 5.29.